The molecular weight excluding hydrogens is 168 g/mol. The molecule has 0 spiro atoms. The maximum absolute atomic E-state index is 11.5. The Kier molecular flexibility index (Phi) is 2.28. The van der Waals surface area contributed by atoms with Crippen molar-refractivity contribution < 1.29 is 14.6 Å². The van der Waals surface area contributed by atoms with Gasteiger partial charge in [-0.2, -0.15) is 0 Å². The fourth-order valence-corrected chi connectivity index (χ4v) is 2.63. The van der Waals surface area contributed by atoms with Crippen LogP contribution in [-0.4, -0.2) is 23.3 Å². The maximum atomic E-state index is 11.5. The predicted molar refractivity (Wildman–Crippen MR) is 47.0 cm³/mol. The average Bonchev–Trinajstić information content (AvgIpc) is 2.02. The quantitative estimate of drug-likeness (QED) is 0.573. The van der Waals surface area contributed by atoms with Crippen LogP contribution in [0.4, 0.5) is 0 Å². The molecule has 2 fully saturated rings. The highest BCUT2D eigenvalue weighted by atomic mass is 16.5. The molecular formula is C10H16O3. The van der Waals surface area contributed by atoms with E-state index in [0.717, 1.165) is 25.7 Å². The lowest BCUT2D eigenvalue weighted by Crippen LogP contribution is -2.45. The number of hydrogen-bond acceptors (Lipinski definition) is 3. The first-order valence-corrected chi connectivity index (χ1v) is 5.07. The zero-order chi connectivity index (χ0) is 9.42. The molecule has 1 aliphatic heterocycles. The average molecular weight is 184 g/mol. The van der Waals surface area contributed by atoms with E-state index in [1.165, 1.54) is 0 Å². The minimum Gasteiger partial charge on any atom is -0.462 e. The van der Waals surface area contributed by atoms with Gasteiger partial charge in [0.1, 0.15) is 0 Å². The van der Waals surface area contributed by atoms with Gasteiger partial charge in [-0.3, -0.25) is 4.79 Å². The van der Waals surface area contributed by atoms with Gasteiger partial charge in [-0.05, 0) is 32.1 Å². The molecule has 74 valence electrons. The summed E-state index contributed by atoms with van der Waals surface area (Å²) in [4.78, 5) is 11.5. The van der Waals surface area contributed by atoms with Crippen LogP contribution >= 0.6 is 0 Å². The predicted octanol–water partition coefficient (Wildman–Crippen LogP) is 1.10. The molecule has 0 amide bonds. The lowest BCUT2D eigenvalue weighted by Gasteiger charge is -2.39. The van der Waals surface area contributed by atoms with Crippen LogP contribution in [0.1, 0.15) is 32.6 Å². The Bertz CT molecular complexity index is 214. The molecule has 2 rings (SSSR count). The van der Waals surface area contributed by atoms with Crippen molar-refractivity contribution in [2.24, 2.45) is 11.8 Å². The van der Waals surface area contributed by atoms with Crippen LogP contribution in [-0.2, 0) is 9.53 Å². The van der Waals surface area contributed by atoms with Gasteiger partial charge >= 0.3 is 5.97 Å². The Hall–Kier alpha value is -0.570. The summed E-state index contributed by atoms with van der Waals surface area (Å²) >= 11 is 0. The monoisotopic (exact) mass is 184 g/mol. The molecule has 0 radical (unpaired) electrons. The van der Waals surface area contributed by atoms with Crippen molar-refractivity contribution in [2.45, 2.75) is 44.8 Å². The van der Waals surface area contributed by atoms with Crippen LogP contribution in [0.2, 0.25) is 0 Å². The number of aliphatic hydroxyl groups is 1. The fourth-order valence-electron chi connectivity index (χ4n) is 2.63. The second-order valence-corrected chi connectivity index (χ2v) is 4.27. The molecule has 1 saturated heterocycles. The van der Waals surface area contributed by atoms with Gasteiger partial charge in [0.05, 0.1) is 18.1 Å². The summed E-state index contributed by atoms with van der Waals surface area (Å²) in [5.74, 6) is -0.0547. The summed E-state index contributed by atoms with van der Waals surface area (Å²) in [6.45, 7) is 1.93. The molecule has 0 unspecified atom stereocenters. The Balaban J connectivity index is 2.13. The molecule has 0 aromatic carbocycles. The highest BCUT2D eigenvalue weighted by molar-refractivity contribution is 5.74. The third-order valence-corrected chi connectivity index (χ3v) is 3.22. The highest BCUT2D eigenvalue weighted by Gasteiger charge is 2.43. The minimum atomic E-state index is -0.459. The van der Waals surface area contributed by atoms with Gasteiger partial charge in [0, 0.05) is 0 Å². The van der Waals surface area contributed by atoms with Crippen LogP contribution in [0.5, 0.6) is 0 Å². The first-order valence-electron chi connectivity index (χ1n) is 5.07. The van der Waals surface area contributed by atoms with E-state index in [9.17, 15) is 9.90 Å². The van der Waals surface area contributed by atoms with Crippen molar-refractivity contribution in [3.05, 3.63) is 0 Å². The summed E-state index contributed by atoms with van der Waals surface area (Å²) in [7, 11) is 0. The standard InChI is InChI=1S/C10H16O3/c1-6-5-7-3-2-4-8(11)9(7)10(12)13-6/h6-9,11H,2-5H2,1H3/t6-,7+,8+,9-/m0/s1. The Morgan fingerprint density at radius 1 is 1.46 bits per heavy atom. The van der Waals surface area contributed by atoms with Gasteiger partial charge in [0.15, 0.2) is 0 Å². The molecule has 13 heavy (non-hydrogen) atoms. The van der Waals surface area contributed by atoms with Crippen LogP contribution in [0.25, 0.3) is 0 Å². The van der Waals surface area contributed by atoms with Crippen molar-refractivity contribution in [3.8, 4) is 0 Å². The van der Waals surface area contributed by atoms with Crippen molar-refractivity contribution in [1.29, 1.82) is 0 Å². The second kappa shape index (κ2) is 3.29. The number of cyclic esters (lactones) is 1. The molecule has 0 aromatic rings. The van der Waals surface area contributed by atoms with E-state index in [0.29, 0.717) is 5.92 Å². The summed E-state index contributed by atoms with van der Waals surface area (Å²) in [5, 5.41) is 9.66. The maximum Gasteiger partial charge on any atom is 0.312 e. The minimum absolute atomic E-state index is 0.0408. The largest absolute Gasteiger partial charge is 0.462 e. The van der Waals surface area contributed by atoms with E-state index in [2.05, 4.69) is 0 Å². The second-order valence-electron chi connectivity index (χ2n) is 4.27. The zero-order valence-electron chi connectivity index (χ0n) is 7.90. The number of esters is 1. The summed E-state index contributed by atoms with van der Waals surface area (Å²) in [6.07, 6.45) is 3.37. The van der Waals surface area contributed by atoms with Crippen molar-refractivity contribution in [3.63, 3.8) is 0 Å². The van der Waals surface area contributed by atoms with Gasteiger partial charge in [-0.1, -0.05) is 6.42 Å². The summed E-state index contributed by atoms with van der Waals surface area (Å²) in [6, 6.07) is 0. The molecule has 0 bridgehead atoms. The van der Waals surface area contributed by atoms with Crippen LogP contribution in [0.3, 0.4) is 0 Å². The molecule has 3 nitrogen and oxygen atoms in total. The van der Waals surface area contributed by atoms with Crippen LogP contribution < -0.4 is 0 Å². The van der Waals surface area contributed by atoms with E-state index in [1.807, 2.05) is 6.92 Å². The van der Waals surface area contributed by atoms with E-state index in [1.54, 1.807) is 0 Å². The molecule has 0 aromatic heterocycles. The van der Waals surface area contributed by atoms with Gasteiger partial charge in [-0.15, -0.1) is 0 Å². The van der Waals surface area contributed by atoms with Crippen molar-refractivity contribution in [2.75, 3.05) is 0 Å². The molecule has 4 atom stereocenters. The topological polar surface area (TPSA) is 46.5 Å². The fraction of sp³-hybridized carbons (Fsp3) is 0.900. The molecule has 1 saturated carbocycles. The molecule has 1 aliphatic carbocycles. The lowest BCUT2D eigenvalue weighted by molar-refractivity contribution is -0.173. The number of hydrogen-bond donors (Lipinski definition) is 1. The third-order valence-electron chi connectivity index (χ3n) is 3.22. The van der Waals surface area contributed by atoms with Gasteiger partial charge in [0.25, 0.3) is 0 Å². The van der Waals surface area contributed by atoms with E-state index < -0.39 is 6.10 Å². The van der Waals surface area contributed by atoms with Gasteiger partial charge < -0.3 is 9.84 Å². The number of carbonyl (C=O) groups is 1. The summed E-state index contributed by atoms with van der Waals surface area (Å²) in [5.41, 5.74) is 0. The van der Waals surface area contributed by atoms with E-state index >= 15 is 0 Å². The number of rotatable bonds is 0. The molecule has 3 heteroatoms. The van der Waals surface area contributed by atoms with Crippen LogP contribution in [0, 0.1) is 11.8 Å². The molecule has 1 N–H and O–H groups in total. The first kappa shape index (κ1) is 9.00. The van der Waals surface area contributed by atoms with E-state index in [4.69, 9.17) is 4.74 Å². The smallest absolute Gasteiger partial charge is 0.312 e. The SMILES string of the molecule is C[C@H]1C[C@H]2CCC[C@@H](O)[C@H]2C(=O)O1. The Morgan fingerprint density at radius 2 is 2.23 bits per heavy atom. The zero-order valence-corrected chi connectivity index (χ0v) is 7.90. The van der Waals surface area contributed by atoms with Crippen LogP contribution in [0.15, 0.2) is 0 Å². The van der Waals surface area contributed by atoms with Gasteiger partial charge in [0.2, 0.25) is 0 Å². The van der Waals surface area contributed by atoms with Crippen molar-refractivity contribution in [1.82, 2.24) is 0 Å². The first-order chi connectivity index (χ1) is 6.18. The van der Waals surface area contributed by atoms with E-state index in [-0.39, 0.29) is 18.0 Å². The number of fused-ring (bicyclic) bond motifs is 1. The Labute approximate surface area is 78.1 Å². The number of ether oxygens (including phenoxy) is 1. The number of carbonyl (C=O) groups excluding carboxylic acids is 1. The Morgan fingerprint density at radius 3 is 3.00 bits per heavy atom. The lowest BCUT2D eigenvalue weighted by atomic mass is 9.73. The highest BCUT2D eigenvalue weighted by Crippen LogP contribution is 2.38. The normalized spacial score (nSPS) is 45.2. The van der Waals surface area contributed by atoms with Crippen molar-refractivity contribution >= 4 is 5.97 Å². The summed E-state index contributed by atoms with van der Waals surface area (Å²) < 4.78 is 5.13. The number of aliphatic hydroxyl groups excluding tert-OH is 1. The van der Waals surface area contributed by atoms with Gasteiger partial charge in [-0.25, -0.2) is 0 Å². The third kappa shape index (κ3) is 1.57. The molecule has 2 aliphatic rings. The molecule has 1 heterocycles.